The molecule has 3 aromatic rings. The number of nitrogens with zero attached hydrogens (tertiary/aromatic N) is 3. The molecule has 1 unspecified atom stereocenters. The van der Waals surface area contributed by atoms with Gasteiger partial charge in [-0.2, -0.15) is 13.2 Å². The van der Waals surface area contributed by atoms with Gasteiger partial charge in [0.15, 0.2) is 0 Å². The molecule has 1 amide bonds. The molecule has 0 spiro atoms. The smallest absolute Gasteiger partial charge is 0.323 e. The minimum atomic E-state index is -4.42. The van der Waals surface area contributed by atoms with Crippen LogP contribution in [-0.4, -0.2) is 21.9 Å². The van der Waals surface area contributed by atoms with Gasteiger partial charge in [0.05, 0.1) is 5.56 Å². The van der Waals surface area contributed by atoms with E-state index in [9.17, 15) is 18.0 Å². The Labute approximate surface area is 165 Å². The second-order valence-electron chi connectivity index (χ2n) is 6.84. The van der Waals surface area contributed by atoms with Crippen LogP contribution in [0.25, 0.3) is 0 Å². The first kappa shape index (κ1) is 18.9. The lowest BCUT2D eigenvalue weighted by Gasteiger charge is -2.23. The van der Waals surface area contributed by atoms with Gasteiger partial charge in [-0.05, 0) is 49.2 Å². The lowest BCUT2D eigenvalue weighted by atomic mass is 10.1. The molecule has 1 aliphatic rings. The Balaban J connectivity index is 1.55. The van der Waals surface area contributed by atoms with Gasteiger partial charge in [0, 0.05) is 23.5 Å². The summed E-state index contributed by atoms with van der Waals surface area (Å²) in [6.07, 6.45) is -2.25. The molecule has 0 saturated heterocycles. The van der Waals surface area contributed by atoms with Crippen LogP contribution in [0.5, 0.6) is 0 Å². The van der Waals surface area contributed by atoms with Gasteiger partial charge in [-0.3, -0.25) is 4.79 Å². The number of halogens is 3. The van der Waals surface area contributed by atoms with Crippen molar-refractivity contribution in [3.05, 3.63) is 77.7 Å². The third-order valence-corrected chi connectivity index (χ3v) is 4.81. The van der Waals surface area contributed by atoms with E-state index in [4.69, 9.17) is 0 Å². The van der Waals surface area contributed by atoms with Crippen molar-refractivity contribution in [2.45, 2.75) is 25.6 Å². The number of nitrogens with one attached hydrogen (secondary N) is 1. The summed E-state index contributed by atoms with van der Waals surface area (Å²) >= 11 is 0. The predicted octanol–water partition coefficient (Wildman–Crippen LogP) is 4.83. The van der Waals surface area contributed by atoms with Crippen LogP contribution in [0.15, 0.2) is 60.9 Å². The number of hydrogen-bond acceptors (Lipinski definition) is 4. The summed E-state index contributed by atoms with van der Waals surface area (Å²) in [6.45, 7) is 2.07. The molecule has 1 aliphatic heterocycles. The average Bonchev–Trinajstić information content (AvgIpc) is 3.03. The third-order valence-electron chi connectivity index (χ3n) is 4.81. The quantitative estimate of drug-likeness (QED) is 0.687. The highest BCUT2D eigenvalue weighted by atomic mass is 19.4. The van der Waals surface area contributed by atoms with Crippen molar-refractivity contribution < 1.29 is 18.0 Å². The van der Waals surface area contributed by atoms with Crippen LogP contribution in [-0.2, 0) is 12.6 Å². The highest BCUT2D eigenvalue weighted by Crippen LogP contribution is 2.37. The maximum absolute atomic E-state index is 12.7. The number of carbonyl (C=O) groups excluding carboxylic acids is 1. The fourth-order valence-electron chi connectivity index (χ4n) is 3.46. The van der Waals surface area contributed by atoms with Crippen LogP contribution in [0, 0.1) is 0 Å². The van der Waals surface area contributed by atoms with Crippen molar-refractivity contribution in [1.29, 1.82) is 0 Å². The normalized spacial score (nSPS) is 15.9. The summed E-state index contributed by atoms with van der Waals surface area (Å²) in [7, 11) is 0. The number of aromatic nitrogens is 2. The molecule has 0 fully saturated rings. The second kappa shape index (κ2) is 7.20. The van der Waals surface area contributed by atoms with Gasteiger partial charge in [0.2, 0.25) is 0 Å². The first-order valence-corrected chi connectivity index (χ1v) is 9.01. The molecule has 148 valence electrons. The highest BCUT2D eigenvalue weighted by molar-refractivity contribution is 6.03. The lowest BCUT2D eigenvalue weighted by molar-refractivity contribution is -0.137. The van der Waals surface area contributed by atoms with Gasteiger partial charge < -0.3 is 10.2 Å². The average molecular weight is 398 g/mol. The van der Waals surface area contributed by atoms with Crippen molar-refractivity contribution in [2.24, 2.45) is 0 Å². The number of carbonyl (C=O) groups is 1. The fourth-order valence-corrected chi connectivity index (χ4v) is 3.46. The zero-order chi connectivity index (χ0) is 20.6. The van der Waals surface area contributed by atoms with Crippen LogP contribution in [0.1, 0.15) is 28.5 Å². The van der Waals surface area contributed by atoms with Crippen LogP contribution in [0.4, 0.5) is 30.4 Å². The van der Waals surface area contributed by atoms with E-state index in [0.29, 0.717) is 5.82 Å². The van der Waals surface area contributed by atoms with Gasteiger partial charge in [-0.25, -0.2) is 9.97 Å². The van der Waals surface area contributed by atoms with Crippen LogP contribution in [0.2, 0.25) is 0 Å². The zero-order valence-electron chi connectivity index (χ0n) is 15.4. The standard InChI is InChI=1S/C21H17F3N4O/c1-13-10-14-4-2-3-5-18(14)28(13)19-11-17(25-12-26-19)20(29)27-16-8-6-15(7-9-16)21(22,23)24/h2-9,11-13H,10H2,1H3,(H,27,29). The SMILES string of the molecule is CC1Cc2ccccc2N1c1cc(C(=O)Nc2ccc(C(F)(F)F)cc2)ncn1. The van der Waals surface area contributed by atoms with Crippen LogP contribution in [0.3, 0.4) is 0 Å². The summed E-state index contributed by atoms with van der Waals surface area (Å²) in [5.41, 5.74) is 1.85. The zero-order valence-corrected chi connectivity index (χ0v) is 15.4. The van der Waals surface area contributed by atoms with Gasteiger partial charge in [-0.15, -0.1) is 0 Å². The van der Waals surface area contributed by atoms with Crippen LogP contribution >= 0.6 is 0 Å². The fraction of sp³-hybridized carbons (Fsp3) is 0.190. The van der Waals surface area contributed by atoms with E-state index in [0.717, 1.165) is 24.2 Å². The molecule has 1 aromatic heterocycles. The summed E-state index contributed by atoms with van der Waals surface area (Å²) in [5.74, 6) is 0.0727. The molecule has 29 heavy (non-hydrogen) atoms. The largest absolute Gasteiger partial charge is 0.416 e. The Morgan fingerprint density at radius 3 is 2.55 bits per heavy atom. The number of amides is 1. The minimum Gasteiger partial charge on any atom is -0.323 e. The number of benzene rings is 2. The van der Waals surface area contributed by atoms with E-state index in [1.807, 2.05) is 23.1 Å². The number of alkyl halides is 3. The number of hydrogen-bond donors (Lipinski definition) is 1. The van der Waals surface area contributed by atoms with E-state index < -0.39 is 17.6 Å². The van der Waals surface area contributed by atoms with Gasteiger partial charge >= 0.3 is 6.18 Å². The summed E-state index contributed by atoms with van der Waals surface area (Å²) < 4.78 is 38.0. The van der Waals surface area contributed by atoms with Gasteiger partial charge in [0.1, 0.15) is 17.8 Å². The molecule has 0 aliphatic carbocycles. The first-order valence-electron chi connectivity index (χ1n) is 9.01. The summed E-state index contributed by atoms with van der Waals surface area (Å²) in [4.78, 5) is 22.9. The van der Waals surface area contributed by atoms with Crippen molar-refractivity contribution >= 4 is 23.1 Å². The molecule has 8 heteroatoms. The number of fused-ring (bicyclic) bond motifs is 1. The Bertz CT molecular complexity index is 1050. The van der Waals surface area contributed by atoms with Crippen molar-refractivity contribution in [3.8, 4) is 0 Å². The second-order valence-corrected chi connectivity index (χ2v) is 6.84. The number of para-hydroxylation sites is 1. The molecule has 2 heterocycles. The molecular weight excluding hydrogens is 381 g/mol. The van der Waals surface area contributed by atoms with Crippen LogP contribution < -0.4 is 10.2 Å². The molecular formula is C21H17F3N4O. The van der Waals surface area contributed by atoms with Gasteiger partial charge in [0.25, 0.3) is 5.91 Å². The molecule has 0 saturated carbocycles. The summed E-state index contributed by atoms with van der Waals surface area (Å²) in [6, 6.07) is 14.0. The van der Waals surface area contributed by atoms with E-state index >= 15 is 0 Å². The highest BCUT2D eigenvalue weighted by Gasteiger charge is 2.30. The molecule has 1 N–H and O–H groups in total. The number of rotatable bonds is 3. The Kier molecular flexibility index (Phi) is 4.70. The third kappa shape index (κ3) is 3.78. The maximum Gasteiger partial charge on any atom is 0.416 e. The lowest BCUT2D eigenvalue weighted by Crippen LogP contribution is -2.25. The van der Waals surface area contributed by atoms with Crippen molar-refractivity contribution in [2.75, 3.05) is 10.2 Å². The monoisotopic (exact) mass is 398 g/mol. The molecule has 1 atom stereocenters. The predicted molar refractivity (Wildman–Crippen MR) is 103 cm³/mol. The van der Waals surface area contributed by atoms with E-state index in [2.05, 4.69) is 28.3 Å². The first-order chi connectivity index (χ1) is 13.8. The van der Waals surface area contributed by atoms with E-state index in [1.54, 1.807) is 6.07 Å². The Hall–Kier alpha value is -3.42. The number of anilines is 3. The van der Waals surface area contributed by atoms with E-state index in [1.165, 1.54) is 24.0 Å². The van der Waals surface area contributed by atoms with Gasteiger partial charge in [-0.1, -0.05) is 18.2 Å². The van der Waals surface area contributed by atoms with E-state index in [-0.39, 0.29) is 17.4 Å². The van der Waals surface area contributed by atoms with Crippen molar-refractivity contribution in [3.63, 3.8) is 0 Å². The molecule has 5 nitrogen and oxygen atoms in total. The topological polar surface area (TPSA) is 58.1 Å². The minimum absolute atomic E-state index is 0.131. The molecule has 2 aromatic carbocycles. The summed E-state index contributed by atoms with van der Waals surface area (Å²) in [5, 5.41) is 2.57. The maximum atomic E-state index is 12.7. The molecule has 0 radical (unpaired) electrons. The Morgan fingerprint density at radius 2 is 1.83 bits per heavy atom. The Morgan fingerprint density at radius 1 is 1.10 bits per heavy atom. The molecule has 0 bridgehead atoms. The molecule has 4 rings (SSSR count). The van der Waals surface area contributed by atoms with Crippen molar-refractivity contribution in [1.82, 2.24) is 9.97 Å².